The maximum atomic E-state index is 12.9. The van der Waals surface area contributed by atoms with E-state index >= 15 is 0 Å². The standard InChI is InChI=1S/C19H20N8O2.C14H14N8O2S2/c1-5-6-11-26-17(28)15(20-4)12(2)16(18(26)29)23-25-19-24-22-13(3)27(19)14-9-7-8-10-21-14;1-20-10(23)9(11(24)21(2)14(20)25)17-18-12-16-13(26-3)19-22(12)8-6-4-5-7-15-8/h7-10,28H,5-6,11H2,1-3H3;4-7,23H,1-3H3. The monoisotopic (exact) mass is 782 g/mol. The molecule has 20 nitrogen and oxygen atoms in total. The van der Waals surface area contributed by atoms with Gasteiger partial charge in [0.15, 0.2) is 16.5 Å². The first kappa shape index (κ1) is 39.5. The maximum absolute atomic E-state index is 12.9. The van der Waals surface area contributed by atoms with E-state index in [1.807, 2.05) is 19.2 Å². The number of thioether (sulfide) groups is 1. The second kappa shape index (κ2) is 17.4. The van der Waals surface area contributed by atoms with Crippen LogP contribution in [0.1, 0.15) is 31.2 Å². The molecule has 6 rings (SSSR count). The van der Waals surface area contributed by atoms with E-state index in [-0.39, 0.29) is 57.6 Å². The number of aromatic nitrogens is 11. The average Bonchev–Trinajstić information content (AvgIpc) is 3.80. The summed E-state index contributed by atoms with van der Waals surface area (Å²) in [4.78, 5) is 41.2. The second-order valence-electron chi connectivity index (χ2n) is 11.4. The van der Waals surface area contributed by atoms with Crippen molar-refractivity contribution >= 4 is 52.9 Å². The van der Waals surface area contributed by atoms with Crippen LogP contribution >= 0.6 is 24.0 Å². The number of hydrogen-bond acceptors (Lipinski definition) is 16. The van der Waals surface area contributed by atoms with Gasteiger partial charge in [-0.2, -0.15) is 9.67 Å². The molecule has 0 amide bonds. The van der Waals surface area contributed by atoms with Crippen molar-refractivity contribution in [3.8, 4) is 23.4 Å². The van der Waals surface area contributed by atoms with Gasteiger partial charge in [-0.25, -0.2) is 19.4 Å². The minimum atomic E-state index is -0.566. The first-order valence-electron chi connectivity index (χ1n) is 16.4. The SMILES string of the molecule is CSc1nc(N=Nc2c(O)n(C)c(=S)n(C)c2=O)n(-c2ccccn2)n1.[C-]#[N+]c1c(C)c(N=Nc2nnc(C)n2-c2ccccn2)c(=O)n(CCCC)c1O. The molecular weight excluding hydrogens is 749 g/mol. The Kier molecular flexibility index (Phi) is 12.5. The molecule has 55 heavy (non-hydrogen) atoms. The van der Waals surface area contributed by atoms with Crippen molar-refractivity contribution < 1.29 is 10.2 Å². The summed E-state index contributed by atoms with van der Waals surface area (Å²) < 4.78 is 6.78. The Morgan fingerprint density at radius 2 is 1.53 bits per heavy atom. The Hall–Kier alpha value is -6.73. The molecule has 6 aromatic heterocycles. The summed E-state index contributed by atoms with van der Waals surface area (Å²) in [5, 5.41) is 49.3. The lowest BCUT2D eigenvalue weighted by Crippen LogP contribution is -2.20. The largest absolute Gasteiger partial charge is 0.503 e. The molecule has 0 aliphatic carbocycles. The van der Waals surface area contributed by atoms with Gasteiger partial charge in [0, 0.05) is 33.0 Å². The fourth-order valence-corrected chi connectivity index (χ4v) is 5.41. The molecule has 22 heteroatoms. The van der Waals surface area contributed by atoms with Gasteiger partial charge >= 0.3 is 0 Å². The summed E-state index contributed by atoms with van der Waals surface area (Å²) in [5.41, 5.74) is -1.09. The van der Waals surface area contributed by atoms with Crippen LogP contribution < -0.4 is 11.1 Å². The van der Waals surface area contributed by atoms with Crippen LogP contribution in [0.25, 0.3) is 16.5 Å². The molecule has 6 heterocycles. The molecule has 0 unspecified atom stereocenters. The highest BCUT2D eigenvalue weighted by molar-refractivity contribution is 7.98. The topological polar surface area (TPSA) is 230 Å². The number of rotatable bonds is 10. The fourth-order valence-electron chi connectivity index (χ4n) is 4.90. The average molecular weight is 783 g/mol. The molecule has 0 radical (unpaired) electrons. The summed E-state index contributed by atoms with van der Waals surface area (Å²) in [7, 11) is 3.02. The molecule has 0 saturated heterocycles. The molecular formula is C33H34N16O4S2. The van der Waals surface area contributed by atoms with Crippen molar-refractivity contribution in [3.05, 3.63) is 97.1 Å². The van der Waals surface area contributed by atoms with Gasteiger partial charge in [0.2, 0.25) is 22.4 Å². The van der Waals surface area contributed by atoms with Gasteiger partial charge < -0.3 is 10.2 Å². The highest BCUT2D eigenvalue weighted by Crippen LogP contribution is 2.35. The van der Waals surface area contributed by atoms with E-state index in [0.717, 1.165) is 11.0 Å². The van der Waals surface area contributed by atoms with Crippen LogP contribution in [0.3, 0.4) is 0 Å². The minimum Gasteiger partial charge on any atom is -0.503 e. The Bertz CT molecular complexity index is 2620. The van der Waals surface area contributed by atoms with Gasteiger partial charge in [0.05, 0.1) is 6.57 Å². The van der Waals surface area contributed by atoms with E-state index in [2.05, 4.69) is 55.5 Å². The van der Waals surface area contributed by atoms with Gasteiger partial charge in [0.1, 0.15) is 17.3 Å². The molecule has 2 N–H and O–H groups in total. The zero-order valence-electron chi connectivity index (χ0n) is 30.4. The third-order valence-electron chi connectivity index (χ3n) is 7.87. The van der Waals surface area contributed by atoms with E-state index in [9.17, 15) is 19.8 Å². The number of aryl methyl sites for hydroxylation is 1. The Labute approximate surface area is 322 Å². The first-order chi connectivity index (χ1) is 26.4. The summed E-state index contributed by atoms with van der Waals surface area (Å²) in [6.07, 6.45) is 6.58. The lowest BCUT2D eigenvalue weighted by molar-refractivity contribution is 0.405. The Balaban J connectivity index is 0.000000212. The highest BCUT2D eigenvalue weighted by Gasteiger charge is 2.20. The number of hydrogen-bond donors (Lipinski definition) is 2. The van der Waals surface area contributed by atoms with Crippen LogP contribution in [0.4, 0.5) is 29.0 Å². The molecule has 0 fully saturated rings. The molecule has 0 spiro atoms. The summed E-state index contributed by atoms with van der Waals surface area (Å²) >= 11 is 6.39. The van der Waals surface area contributed by atoms with Crippen molar-refractivity contribution in [2.24, 2.45) is 34.6 Å². The molecule has 0 bridgehead atoms. The van der Waals surface area contributed by atoms with Gasteiger partial charge in [-0.05, 0) is 68.6 Å². The predicted molar refractivity (Wildman–Crippen MR) is 205 cm³/mol. The Morgan fingerprint density at radius 1 is 0.873 bits per heavy atom. The van der Waals surface area contributed by atoms with Crippen LogP contribution in [0.15, 0.2) is 84.0 Å². The van der Waals surface area contributed by atoms with Crippen LogP contribution in [0.5, 0.6) is 11.8 Å². The zero-order valence-corrected chi connectivity index (χ0v) is 32.1. The molecule has 0 atom stereocenters. The zero-order chi connectivity index (χ0) is 39.8. The van der Waals surface area contributed by atoms with E-state index in [1.54, 1.807) is 61.1 Å². The van der Waals surface area contributed by atoms with Crippen LogP contribution in [-0.2, 0) is 20.6 Å². The summed E-state index contributed by atoms with van der Waals surface area (Å²) in [6.45, 7) is 12.9. The molecule has 282 valence electrons. The molecule has 0 aliphatic heterocycles. The minimum absolute atomic E-state index is 0.0156. The number of nitrogens with zero attached hydrogens (tertiary/aromatic N) is 16. The number of aromatic hydroxyl groups is 2. The lowest BCUT2D eigenvalue weighted by Gasteiger charge is -2.12. The van der Waals surface area contributed by atoms with Crippen molar-refractivity contribution in [2.45, 2.75) is 45.3 Å². The quantitative estimate of drug-likeness (QED) is 0.0686. The van der Waals surface area contributed by atoms with Crippen molar-refractivity contribution in [2.75, 3.05) is 6.26 Å². The normalized spacial score (nSPS) is 11.2. The van der Waals surface area contributed by atoms with Crippen LogP contribution in [0, 0.1) is 25.2 Å². The van der Waals surface area contributed by atoms with Crippen LogP contribution in [-0.4, -0.2) is 69.7 Å². The molecule has 0 aliphatic rings. The number of pyridine rings is 3. The van der Waals surface area contributed by atoms with Gasteiger partial charge in [-0.1, -0.05) is 37.2 Å². The summed E-state index contributed by atoms with van der Waals surface area (Å²) in [6, 6.07) is 10.7. The number of unbranched alkanes of at least 4 members (excludes halogenated alkanes) is 1. The van der Waals surface area contributed by atoms with Crippen molar-refractivity contribution in [1.82, 2.24) is 53.2 Å². The van der Waals surface area contributed by atoms with Gasteiger partial charge in [-0.3, -0.25) is 23.3 Å². The highest BCUT2D eigenvalue weighted by atomic mass is 32.2. The predicted octanol–water partition coefficient (Wildman–Crippen LogP) is 6.18. The number of azo groups is 2. The maximum Gasteiger partial charge on any atom is 0.285 e. The van der Waals surface area contributed by atoms with Gasteiger partial charge in [0.25, 0.3) is 23.0 Å². The summed E-state index contributed by atoms with van der Waals surface area (Å²) in [5.74, 6) is 1.17. The van der Waals surface area contributed by atoms with E-state index < -0.39 is 11.1 Å². The van der Waals surface area contributed by atoms with E-state index in [0.29, 0.717) is 29.0 Å². The Morgan fingerprint density at radius 3 is 2.15 bits per heavy atom. The molecule has 0 saturated carbocycles. The lowest BCUT2D eigenvalue weighted by atomic mass is 10.2. The first-order valence-corrected chi connectivity index (χ1v) is 18.0. The fraction of sp³-hybridized carbons (Fsp3) is 0.273. The van der Waals surface area contributed by atoms with Crippen LogP contribution in [0.2, 0.25) is 0 Å². The van der Waals surface area contributed by atoms with E-state index in [4.69, 9.17) is 18.8 Å². The van der Waals surface area contributed by atoms with Crippen molar-refractivity contribution in [3.63, 3.8) is 0 Å². The third kappa shape index (κ3) is 8.26. The second-order valence-corrected chi connectivity index (χ2v) is 12.6. The third-order valence-corrected chi connectivity index (χ3v) is 8.95. The molecule has 6 aromatic rings. The molecule has 0 aromatic carbocycles. The van der Waals surface area contributed by atoms with Crippen molar-refractivity contribution in [1.29, 1.82) is 0 Å². The van der Waals surface area contributed by atoms with Gasteiger partial charge in [-0.15, -0.1) is 35.8 Å². The smallest absolute Gasteiger partial charge is 0.285 e. The van der Waals surface area contributed by atoms with E-state index in [1.165, 1.54) is 39.7 Å².